The summed E-state index contributed by atoms with van der Waals surface area (Å²) in [4.78, 5) is 26.1. The Balaban J connectivity index is 0.00000210. The Hall–Kier alpha value is -2.12. The summed E-state index contributed by atoms with van der Waals surface area (Å²) in [5, 5.41) is 12.6. The molecule has 4 rings (SSSR count). The number of aromatic carboxylic acids is 1. The largest absolute Gasteiger partial charge is 0.477 e. The van der Waals surface area contributed by atoms with Crippen LogP contribution in [0.25, 0.3) is 5.52 Å². The SMILES string of the molecule is CN[C@@H]1CCN(c2c(F)cn3c(=O)c(C(=O)O)cc(C4CC4)c3c2C)C1.Cl. The van der Waals surface area contributed by atoms with Gasteiger partial charge >= 0.3 is 5.97 Å². The summed E-state index contributed by atoms with van der Waals surface area (Å²) < 4.78 is 16.1. The van der Waals surface area contributed by atoms with Gasteiger partial charge in [0, 0.05) is 19.1 Å². The summed E-state index contributed by atoms with van der Waals surface area (Å²) in [6.45, 7) is 3.28. The average Bonchev–Trinajstić information content (AvgIpc) is 3.33. The number of pyridine rings is 2. The number of hydrogen-bond donors (Lipinski definition) is 2. The number of aryl methyl sites for hydroxylation is 1. The molecular weight excluding hydrogens is 373 g/mol. The van der Waals surface area contributed by atoms with E-state index in [-0.39, 0.29) is 23.9 Å². The molecule has 0 aromatic carbocycles. The van der Waals surface area contributed by atoms with Gasteiger partial charge in [0.2, 0.25) is 0 Å². The predicted molar refractivity (Wildman–Crippen MR) is 104 cm³/mol. The number of nitrogens with zero attached hydrogens (tertiary/aromatic N) is 2. The molecule has 2 aromatic heterocycles. The standard InChI is InChI=1S/C19H22FN3O3.ClH/c1-10-16-13(11-3-4-11)7-14(19(25)26)18(24)23(16)9-15(20)17(10)22-6-5-12(8-22)21-2;/h7,9,11-12,21H,3-6,8H2,1-2H3,(H,25,26);1H/t12-;/m1./s1. The number of carboxylic acids is 1. The van der Waals surface area contributed by atoms with Crippen LogP contribution in [0.1, 0.15) is 46.7 Å². The molecular formula is C19H23ClFN3O3. The monoisotopic (exact) mass is 395 g/mol. The van der Waals surface area contributed by atoms with Crippen LogP contribution in [-0.2, 0) is 0 Å². The Kier molecular flexibility index (Phi) is 5.18. The van der Waals surface area contributed by atoms with E-state index >= 15 is 0 Å². The fourth-order valence-corrected chi connectivity index (χ4v) is 4.09. The van der Waals surface area contributed by atoms with Crippen molar-refractivity contribution in [1.29, 1.82) is 0 Å². The fraction of sp³-hybridized carbons (Fsp3) is 0.474. The van der Waals surface area contributed by atoms with Crippen LogP contribution in [0.15, 0.2) is 17.1 Å². The number of nitrogens with one attached hydrogen (secondary N) is 1. The van der Waals surface area contributed by atoms with Crippen LogP contribution in [0.4, 0.5) is 10.1 Å². The summed E-state index contributed by atoms with van der Waals surface area (Å²) in [6.07, 6.45) is 4.01. The summed E-state index contributed by atoms with van der Waals surface area (Å²) in [5.41, 5.74) is 1.74. The van der Waals surface area contributed by atoms with Crippen molar-refractivity contribution in [1.82, 2.24) is 9.72 Å². The maximum Gasteiger partial charge on any atom is 0.341 e. The van der Waals surface area contributed by atoms with Gasteiger partial charge in [-0.25, -0.2) is 9.18 Å². The van der Waals surface area contributed by atoms with Crippen LogP contribution < -0.4 is 15.8 Å². The quantitative estimate of drug-likeness (QED) is 0.832. The number of fused-ring (bicyclic) bond motifs is 1. The Morgan fingerprint density at radius 2 is 2.04 bits per heavy atom. The van der Waals surface area contributed by atoms with Gasteiger partial charge in [0.05, 0.1) is 17.4 Å². The van der Waals surface area contributed by atoms with E-state index in [2.05, 4.69) is 5.32 Å². The molecule has 27 heavy (non-hydrogen) atoms. The molecule has 0 amide bonds. The third-order valence-electron chi connectivity index (χ3n) is 5.60. The van der Waals surface area contributed by atoms with E-state index in [1.54, 1.807) is 0 Å². The second-order valence-electron chi connectivity index (χ2n) is 7.29. The summed E-state index contributed by atoms with van der Waals surface area (Å²) >= 11 is 0. The first kappa shape index (κ1) is 19.6. The molecule has 146 valence electrons. The zero-order chi connectivity index (χ0) is 18.6. The average molecular weight is 396 g/mol. The molecule has 3 heterocycles. The van der Waals surface area contributed by atoms with Crippen molar-refractivity contribution in [3.8, 4) is 0 Å². The van der Waals surface area contributed by atoms with Crippen molar-refractivity contribution in [3.63, 3.8) is 0 Å². The summed E-state index contributed by atoms with van der Waals surface area (Å²) in [7, 11) is 1.90. The van der Waals surface area contributed by atoms with E-state index in [4.69, 9.17) is 0 Å². The summed E-state index contributed by atoms with van der Waals surface area (Å²) in [6, 6.07) is 1.80. The highest BCUT2D eigenvalue weighted by Gasteiger charge is 2.32. The van der Waals surface area contributed by atoms with Crippen molar-refractivity contribution in [3.05, 3.63) is 45.1 Å². The normalized spacial score (nSPS) is 19.4. The molecule has 6 nitrogen and oxygen atoms in total. The van der Waals surface area contributed by atoms with Gasteiger partial charge in [-0.1, -0.05) is 0 Å². The van der Waals surface area contributed by atoms with E-state index in [0.29, 0.717) is 29.4 Å². The lowest BCUT2D eigenvalue weighted by Crippen LogP contribution is -2.31. The fourth-order valence-electron chi connectivity index (χ4n) is 4.09. The second-order valence-corrected chi connectivity index (χ2v) is 7.29. The number of halogens is 2. The molecule has 8 heteroatoms. The molecule has 0 radical (unpaired) electrons. The zero-order valence-corrected chi connectivity index (χ0v) is 16.1. The van der Waals surface area contributed by atoms with E-state index in [9.17, 15) is 19.1 Å². The van der Waals surface area contributed by atoms with Gasteiger partial charge in [-0.15, -0.1) is 12.4 Å². The lowest BCUT2D eigenvalue weighted by atomic mass is 10.0. The maximum atomic E-state index is 15.0. The minimum Gasteiger partial charge on any atom is -0.477 e. The van der Waals surface area contributed by atoms with E-state index < -0.39 is 17.3 Å². The first-order valence-corrected chi connectivity index (χ1v) is 8.96. The molecule has 1 aliphatic carbocycles. The van der Waals surface area contributed by atoms with Crippen molar-refractivity contribution in [2.75, 3.05) is 25.0 Å². The van der Waals surface area contributed by atoms with Crippen molar-refractivity contribution in [2.24, 2.45) is 0 Å². The van der Waals surface area contributed by atoms with Gasteiger partial charge < -0.3 is 15.3 Å². The number of carboxylic acid groups (broad SMARTS) is 1. The predicted octanol–water partition coefficient (Wildman–Crippen LogP) is 2.54. The Bertz CT molecular complexity index is 971. The topological polar surface area (TPSA) is 74.0 Å². The highest BCUT2D eigenvalue weighted by Crippen LogP contribution is 2.44. The zero-order valence-electron chi connectivity index (χ0n) is 15.3. The first-order chi connectivity index (χ1) is 12.4. The Morgan fingerprint density at radius 1 is 1.33 bits per heavy atom. The molecule has 0 spiro atoms. The van der Waals surface area contributed by atoms with Gasteiger partial charge in [-0.05, 0) is 56.3 Å². The molecule has 0 unspecified atom stereocenters. The minimum absolute atomic E-state index is 0. The molecule has 2 aromatic rings. The Morgan fingerprint density at radius 3 is 2.59 bits per heavy atom. The number of anilines is 1. The minimum atomic E-state index is -1.27. The molecule has 1 saturated carbocycles. The number of hydrogen-bond acceptors (Lipinski definition) is 4. The number of carbonyl (C=O) groups is 1. The van der Waals surface area contributed by atoms with Crippen molar-refractivity contribution >= 4 is 29.6 Å². The second kappa shape index (κ2) is 7.13. The Labute approximate surface area is 162 Å². The molecule has 1 atom stereocenters. The van der Waals surface area contributed by atoms with Crippen LogP contribution in [0.2, 0.25) is 0 Å². The number of likely N-dealkylation sites (N-methyl/N-ethyl adjacent to an activating group) is 1. The maximum absolute atomic E-state index is 15.0. The van der Waals surface area contributed by atoms with Crippen molar-refractivity contribution in [2.45, 2.75) is 38.1 Å². The van der Waals surface area contributed by atoms with Crippen LogP contribution >= 0.6 is 12.4 Å². The van der Waals surface area contributed by atoms with Gasteiger partial charge in [-0.2, -0.15) is 0 Å². The van der Waals surface area contributed by atoms with Crippen LogP contribution in [-0.4, -0.2) is 41.7 Å². The number of aromatic nitrogens is 1. The lowest BCUT2D eigenvalue weighted by molar-refractivity contribution is 0.0694. The highest BCUT2D eigenvalue weighted by molar-refractivity contribution is 5.89. The first-order valence-electron chi connectivity index (χ1n) is 8.96. The summed E-state index contributed by atoms with van der Waals surface area (Å²) in [5.74, 6) is -1.52. The molecule has 1 aliphatic heterocycles. The molecule has 2 N–H and O–H groups in total. The third kappa shape index (κ3) is 3.19. The lowest BCUT2D eigenvalue weighted by Gasteiger charge is -2.24. The molecule has 1 saturated heterocycles. The molecule has 0 bridgehead atoms. The van der Waals surface area contributed by atoms with E-state index in [1.165, 1.54) is 10.5 Å². The van der Waals surface area contributed by atoms with E-state index in [1.807, 2.05) is 18.9 Å². The van der Waals surface area contributed by atoms with Crippen LogP contribution in [0, 0.1) is 12.7 Å². The van der Waals surface area contributed by atoms with E-state index in [0.717, 1.165) is 37.6 Å². The van der Waals surface area contributed by atoms with Crippen molar-refractivity contribution < 1.29 is 14.3 Å². The number of rotatable bonds is 4. The molecule has 2 fully saturated rings. The highest BCUT2D eigenvalue weighted by atomic mass is 35.5. The molecule has 2 aliphatic rings. The van der Waals surface area contributed by atoms with Gasteiger partial charge in [0.1, 0.15) is 5.56 Å². The smallest absolute Gasteiger partial charge is 0.341 e. The van der Waals surface area contributed by atoms with Crippen LogP contribution in [0.3, 0.4) is 0 Å². The van der Waals surface area contributed by atoms with Crippen LogP contribution in [0.5, 0.6) is 0 Å². The van der Waals surface area contributed by atoms with Gasteiger partial charge in [-0.3, -0.25) is 9.20 Å². The van der Waals surface area contributed by atoms with Gasteiger partial charge in [0.25, 0.3) is 5.56 Å². The third-order valence-corrected chi connectivity index (χ3v) is 5.60. The van der Waals surface area contributed by atoms with Gasteiger partial charge in [0.15, 0.2) is 5.82 Å².